The van der Waals surface area contributed by atoms with E-state index >= 15 is 0 Å². The van der Waals surface area contributed by atoms with E-state index in [2.05, 4.69) is 128 Å². The van der Waals surface area contributed by atoms with Crippen molar-refractivity contribution < 1.29 is 0 Å². The van der Waals surface area contributed by atoms with Crippen molar-refractivity contribution in [3.8, 4) is 0 Å². The molecular weight excluding hydrogens is 420 g/mol. The minimum Gasteiger partial charge on any atom is -0.118 e. The first-order valence-electron chi connectivity index (χ1n) is 12.0. The van der Waals surface area contributed by atoms with Gasteiger partial charge in [-0.15, -0.1) is 11.6 Å². The summed E-state index contributed by atoms with van der Waals surface area (Å²) in [4.78, 5) is 0. The van der Waals surface area contributed by atoms with Gasteiger partial charge in [0.05, 0.1) is 5.38 Å². The van der Waals surface area contributed by atoms with Gasteiger partial charge in [0.15, 0.2) is 0 Å². The molecule has 4 aromatic carbocycles. The Bertz CT molecular complexity index is 972. The monoisotopic (exact) mass is 452 g/mol. The summed E-state index contributed by atoms with van der Waals surface area (Å²) in [5, 5.41) is -0.000578. The predicted molar refractivity (Wildman–Crippen MR) is 142 cm³/mol. The fraction of sp³-hybridized carbons (Fsp3) is 0.250. The van der Waals surface area contributed by atoms with Crippen molar-refractivity contribution in [1.29, 1.82) is 0 Å². The van der Waals surface area contributed by atoms with Gasteiger partial charge in [0.2, 0.25) is 0 Å². The van der Waals surface area contributed by atoms with Gasteiger partial charge < -0.3 is 0 Å². The highest BCUT2D eigenvalue weighted by Crippen LogP contribution is 2.42. The Morgan fingerprint density at radius 1 is 0.455 bits per heavy atom. The van der Waals surface area contributed by atoms with E-state index in [4.69, 9.17) is 11.6 Å². The van der Waals surface area contributed by atoms with Crippen molar-refractivity contribution in [3.05, 3.63) is 144 Å². The summed E-state index contributed by atoms with van der Waals surface area (Å²) in [5.41, 5.74) is 5.42. The lowest BCUT2D eigenvalue weighted by molar-refractivity contribution is 0.455. The van der Waals surface area contributed by atoms with E-state index in [1.54, 1.807) is 0 Å². The van der Waals surface area contributed by atoms with Gasteiger partial charge in [0, 0.05) is 0 Å². The van der Waals surface area contributed by atoms with Crippen LogP contribution in [0.4, 0.5) is 0 Å². The van der Waals surface area contributed by atoms with Crippen LogP contribution in [0.1, 0.15) is 71.6 Å². The predicted octanol–water partition coefficient (Wildman–Crippen LogP) is 9.51. The standard InChI is InChI=1S/C32H33Cl/c1-25(26-14-6-2-7-15-26)22-30(27-16-8-3-9-17-27)23-31(28-18-10-4-11-19-28)24-32(33)29-20-12-5-13-21-29/h2-21,25,30-32H,22-24H2,1H3. The molecule has 0 saturated heterocycles. The third-order valence-electron chi connectivity index (χ3n) is 6.77. The molecule has 168 valence electrons. The second-order valence-electron chi connectivity index (χ2n) is 9.11. The molecule has 0 spiro atoms. The highest BCUT2D eigenvalue weighted by Gasteiger charge is 2.25. The van der Waals surface area contributed by atoms with E-state index in [0.29, 0.717) is 17.8 Å². The van der Waals surface area contributed by atoms with Gasteiger partial charge in [-0.25, -0.2) is 0 Å². The Hall–Kier alpha value is -2.83. The van der Waals surface area contributed by atoms with Gasteiger partial charge in [-0.05, 0) is 59.3 Å². The van der Waals surface area contributed by atoms with E-state index in [0.717, 1.165) is 19.3 Å². The van der Waals surface area contributed by atoms with Crippen LogP contribution in [0.2, 0.25) is 0 Å². The zero-order chi connectivity index (χ0) is 22.9. The molecule has 0 saturated carbocycles. The van der Waals surface area contributed by atoms with Crippen LogP contribution in [0.25, 0.3) is 0 Å². The number of rotatable bonds is 10. The lowest BCUT2D eigenvalue weighted by Gasteiger charge is -2.28. The van der Waals surface area contributed by atoms with Gasteiger partial charge >= 0.3 is 0 Å². The van der Waals surface area contributed by atoms with Crippen LogP contribution >= 0.6 is 11.6 Å². The number of alkyl halides is 1. The molecule has 0 aliphatic rings. The van der Waals surface area contributed by atoms with Gasteiger partial charge in [-0.2, -0.15) is 0 Å². The van der Waals surface area contributed by atoms with Crippen LogP contribution in [0.15, 0.2) is 121 Å². The fourth-order valence-electron chi connectivity index (χ4n) is 4.92. The Labute approximate surface area is 204 Å². The third kappa shape index (κ3) is 6.59. The Morgan fingerprint density at radius 3 is 1.27 bits per heavy atom. The average Bonchev–Trinajstić information content (AvgIpc) is 2.89. The van der Waals surface area contributed by atoms with Crippen LogP contribution in [0.5, 0.6) is 0 Å². The van der Waals surface area contributed by atoms with Gasteiger partial charge in [0.1, 0.15) is 0 Å². The molecule has 33 heavy (non-hydrogen) atoms. The summed E-state index contributed by atoms with van der Waals surface area (Å²) in [6.07, 6.45) is 3.13. The molecule has 0 fully saturated rings. The third-order valence-corrected chi connectivity index (χ3v) is 7.20. The molecule has 4 rings (SSSR count). The van der Waals surface area contributed by atoms with Crippen LogP contribution in [0.3, 0.4) is 0 Å². The Kier molecular flexibility index (Phi) is 8.39. The number of halogens is 1. The van der Waals surface area contributed by atoms with Crippen molar-refractivity contribution in [3.63, 3.8) is 0 Å². The molecule has 4 atom stereocenters. The summed E-state index contributed by atoms with van der Waals surface area (Å²) >= 11 is 6.98. The van der Waals surface area contributed by atoms with E-state index in [9.17, 15) is 0 Å². The van der Waals surface area contributed by atoms with Crippen LogP contribution < -0.4 is 0 Å². The molecule has 0 N–H and O–H groups in total. The second kappa shape index (κ2) is 11.9. The molecule has 0 bridgehead atoms. The smallest absolute Gasteiger partial charge is 0.0591 e. The van der Waals surface area contributed by atoms with E-state index in [-0.39, 0.29) is 5.38 Å². The van der Waals surface area contributed by atoms with Crippen molar-refractivity contribution >= 4 is 11.6 Å². The van der Waals surface area contributed by atoms with Gasteiger partial charge in [0.25, 0.3) is 0 Å². The van der Waals surface area contributed by atoms with Crippen molar-refractivity contribution in [2.24, 2.45) is 0 Å². The Balaban J connectivity index is 1.60. The van der Waals surface area contributed by atoms with Crippen molar-refractivity contribution in [2.75, 3.05) is 0 Å². The largest absolute Gasteiger partial charge is 0.118 e. The van der Waals surface area contributed by atoms with Crippen LogP contribution in [-0.2, 0) is 0 Å². The first-order valence-corrected chi connectivity index (χ1v) is 12.5. The molecule has 0 heterocycles. The summed E-state index contributed by atoms with van der Waals surface area (Å²) in [5.74, 6) is 1.35. The van der Waals surface area contributed by atoms with Gasteiger partial charge in [-0.3, -0.25) is 0 Å². The lowest BCUT2D eigenvalue weighted by atomic mass is 9.77. The number of benzene rings is 4. The normalized spacial score (nSPS) is 14.8. The summed E-state index contributed by atoms with van der Waals surface area (Å²) in [6, 6.07) is 43.4. The molecule has 4 unspecified atom stereocenters. The minimum absolute atomic E-state index is 0.000578. The maximum absolute atomic E-state index is 6.98. The first kappa shape index (κ1) is 23.3. The first-order chi connectivity index (χ1) is 16.2. The van der Waals surface area contributed by atoms with Crippen molar-refractivity contribution in [2.45, 2.75) is 49.3 Å². The zero-order valence-electron chi connectivity index (χ0n) is 19.4. The van der Waals surface area contributed by atoms with Crippen molar-refractivity contribution in [1.82, 2.24) is 0 Å². The van der Waals surface area contributed by atoms with E-state index in [1.165, 1.54) is 22.3 Å². The SMILES string of the molecule is CC(CC(CC(CC(Cl)c1ccccc1)c1ccccc1)c1ccccc1)c1ccccc1. The molecule has 0 aliphatic heterocycles. The molecule has 0 nitrogen and oxygen atoms in total. The zero-order valence-corrected chi connectivity index (χ0v) is 20.1. The molecule has 0 aliphatic carbocycles. The average molecular weight is 453 g/mol. The topological polar surface area (TPSA) is 0 Å². The molecule has 4 aromatic rings. The summed E-state index contributed by atoms with van der Waals surface area (Å²) < 4.78 is 0. The quantitative estimate of drug-likeness (QED) is 0.210. The molecule has 0 radical (unpaired) electrons. The number of hydrogen-bond donors (Lipinski definition) is 0. The summed E-state index contributed by atoms with van der Waals surface area (Å²) in [7, 11) is 0. The highest BCUT2D eigenvalue weighted by atomic mass is 35.5. The Morgan fingerprint density at radius 2 is 0.818 bits per heavy atom. The molecular formula is C32H33Cl. The second-order valence-corrected chi connectivity index (χ2v) is 9.64. The fourth-order valence-corrected chi connectivity index (χ4v) is 5.28. The van der Waals surface area contributed by atoms with Gasteiger partial charge in [-0.1, -0.05) is 128 Å². The lowest BCUT2D eigenvalue weighted by Crippen LogP contribution is -2.12. The minimum atomic E-state index is -0.000578. The highest BCUT2D eigenvalue weighted by molar-refractivity contribution is 6.20. The maximum Gasteiger partial charge on any atom is 0.0591 e. The maximum atomic E-state index is 6.98. The van der Waals surface area contributed by atoms with Crippen LogP contribution in [-0.4, -0.2) is 0 Å². The molecule has 1 heteroatoms. The number of hydrogen-bond acceptors (Lipinski definition) is 0. The van der Waals surface area contributed by atoms with Crippen LogP contribution in [0, 0.1) is 0 Å². The summed E-state index contributed by atoms with van der Waals surface area (Å²) in [6.45, 7) is 2.36. The van der Waals surface area contributed by atoms with E-state index in [1.807, 2.05) is 0 Å². The van der Waals surface area contributed by atoms with E-state index < -0.39 is 0 Å². The molecule has 0 amide bonds. The molecule has 0 aromatic heterocycles.